The molecule has 1 amide bonds. The van der Waals surface area contributed by atoms with Crippen LogP contribution < -0.4 is 0 Å². The summed E-state index contributed by atoms with van der Waals surface area (Å²) in [4.78, 5) is 24.9. The molecule has 21 heavy (non-hydrogen) atoms. The number of nitrogens with zero attached hydrogens (tertiary/aromatic N) is 1. The van der Waals surface area contributed by atoms with Crippen LogP contribution in [0.15, 0.2) is 12.2 Å². The van der Waals surface area contributed by atoms with Crippen LogP contribution in [-0.2, 0) is 9.59 Å². The number of hydrogen-bond acceptors (Lipinski definition) is 2. The molecule has 0 unspecified atom stereocenters. The van der Waals surface area contributed by atoms with Gasteiger partial charge in [-0.15, -0.1) is 0 Å². The fraction of sp³-hybridized carbons (Fsp3) is 0.714. The molecule has 2 aliphatic rings. The van der Waals surface area contributed by atoms with Gasteiger partial charge in [0.1, 0.15) is 0 Å². The standard InChI is InChI=1S/C14H18F3NO3/c15-14(16,17)9-5-7-18(8-6-9)12(19)10-3-1-2-4-11(10)13(20)21/h1-2,9-11H,3-8H2,(H,20,21)/t10-,11+/m1/s1. The van der Waals surface area contributed by atoms with Crippen molar-refractivity contribution in [2.75, 3.05) is 13.1 Å². The van der Waals surface area contributed by atoms with Crippen molar-refractivity contribution in [2.24, 2.45) is 17.8 Å². The first-order chi connectivity index (χ1) is 9.80. The van der Waals surface area contributed by atoms with Crippen molar-refractivity contribution in [1.29, 1.82) is 0 Å². The van der Waals surface area contributed by atoms with Crippen LogP contribution in [0.3, 0.4) is 0 Å². The first kappa shape index (κ1) is 15.9. The molecule has 1 saturated heterocycles. The van der Waals surface area contributed by atoms with Crippen molar-refractivity contribution in [1.82, 2.24) is 4.90 Å². The Bertz CT molecular complexity index is 439. The second-order valence-corrected chi connectivity index (χ2v) is 5.64. The lowest BCUT2D eigenvalue weighted by atomic mass is 9.81. The van der Waals surface area contributed by atoms with E-state index in [1.807, 2.05) is 0 Å². The van der Waals surface area contributed by atoms with Crippen LogP contribution in [0.4, 0.5) is 13.2 Å². The fourth-order valence-corrected chi connectivity index (χ4v) is 3.02. The van der Waals surface area contributed by atoms with Crippen LogP contribution in [0.2, 0.25) is 0 Å². The van der Waals surface area contributed by atoms with Gasteiger partial charge in [-0.3, -0.25) is 9.59 Å². The third-order valence-corrected chi connectivity index (χ3v) is 4.34. The highest BCUT2D eigenvalue weighted by Crippen LogP contribution is 2.35. The lowest BCUT2D eigenvalue weighted by Crippen LogP contribution is -2.47. The Morgan fingerprint density at radius 2 is 1.57 bits per heavy atom. The first-order valence-corrected chi connectivity index (χ1v) is 7.04. The Morgan fingerprint density at radius 1 is 1.05 bits per heavy atom. The smallest absolute Gasteiger partial charge is 0.391 e. The molecule has 7 heteroatoms. The average Bonchev–Trinajstić information content (AvgIpc) is 2.45. The summed E-state index contributed by atoms with van der Waals surface area (Å²) in [5.74, 6) is -4.14. The van der Waals surface area contributed by atoms with Gasteiger partial charge in [0.25, 0.3) is 0 Å². The Kier molecular flexibility index (Phi) is 4.58. The number of carbonyl (C=O) groups is 2. The van der Waals surface area contributed by atoms with Gasteiger partial charge in [0.2, 0.25) is 5.91 Å². The van der Waals surface area contributed by atoms with Gasteiger partial charge >= 0.3 is 12.1 Å². The third kappa shape index (κ3) is 3.57. The molecule has 4 nitrogen and oxygen atoms in total. The number of halogens is 3. The number of carbonyl (C=O) groups excluding carboxylic acids is 1. The second kappa shape index (κ2) is 6.07. The number of likely N-dealkylation sites (tertiary alicyclic amines) is 1. The second-order valence-electron chi connectivity index (χ2n) is 5.64. The molecule has 1 N–H and O–H groups in total. The molecule has 2 rings (SSSR count). The molecule has 0 bridgehead atoms. The number of carboxylic acid groups (broad SMARTS) is 1. The molecule has 0 aromatic heterocycles. The number of amides is 1. The molecule has 2 atom stereocenters. The minimum absolute atomic E-state index is 0.0512. The van der Waals surface area contributed by atoms with Crippen molar-refractivity contribution in [3.8, 4) is 0 Å². The monoisotopic (exact) mass is 305 g/mol. The number of rotatable bonds is 2. The zero-order valence-corrected chi connectivity index (χ0v) is 11.5. The maximum atomic E-state index is 12.6. The molecule has 1 aliphatic heterocycles. The summed E-state index contributed by atoms with van der Waals surface area (Å²) in [7, 11) is 0. The summed E-state index contributed by atoms with van der Waals surface area (Å²) in [5.41, 5.74) is 0. The van der Waals surface area contributed by atoms with Crippen LogP contribution in [0.25, 0.3) is 0 Å². The Balaban J connectivity index is 1.98. The van der Waals surface area contributed by atoms with Gasteiger partial charge in [0.05, 0.1) is 17.8 Å². The van der Waals surface area contributed by atoms with Gasteiger partial charge < -0.3 is 10.0 Å². The number of carboxylic acids is 1. The number of alkyl halides is 3. The molecule has 0 aromatic carbocycles. The summed E-state index contributed by atoms with van der Waals surface area (Å²) >= 11 is 0. The van der Waals surface area contributed by atoms with E-state index in [-0.39, 0.29) is 31.8 Å². The van der Waals surface area contributed by atoms with Gasteiger partial charge in [-0.1, -0.05) is 12.2 Å². The maximum Gasteiger partial charge on any atom is 0.391 e. The molecule has 0 saturated carbocycles. The van der Waals surface area contributed by atoms with Crippen LogP contribution >= 0.6 is 0 Å². The van der Waals surface area contributed by atoms with E-state index in [9.17, 15) is 22.8 Å². The third-order valence-electron chi connectivity index (χ3n) is 4.34. The van der Waals surface area contributed by atoms with Crippen molar-refractivity contribution in [3.63, 3.8) is 0 Å². The van der Waals surface area contributed by atoms with Crippen LogP contribution in [0.1, 0.15) is 25.7 Å². The van der Waals surface area contributed by atoms with E-state index in [4.69, 9.17) is 5.11 Å². The largest absolute Gasteiger partial charge is 0.481 e. The molecular formula is C14H18F3NO3. The normalized spacial score (nSPS) is 27.7. The van der Waals surface area contributed by atoms with E-state index in [2.05, 4.69) is 0 Å². The summed E-state index contributed by atoms with van der Waals surface area (Å²) in [6, 6.07) is 0. The van der Waals surface area contributed by atoms with Gasteiger partial charge in [-0.2, -0.15) is 13.2 Å². The molecule has 1 heterocycles. The molecule has 0 radical (unpaired) electrons. The number of piperidine rings is 1. The van der Waals surface area contributed by atoms with Crippen molar-refractivity contribution in [3.05, 3.63) is 12.2 Å². The number of hydrogen-bond donors (Lipinski definition) is 1. The summed E-state index contributed by atoms with van der Waals surface area (Å²) in [6.45, 7) is 0.102. The zero-order chi connectivity index (χ0) is 15.6. The van der Waals surface area contributed by atoms with Gasteiger partial charge in [-0.25, -0.2) is 0 Å². The van der Waals surface area contributed by atoms with E-state index >= 15 is 0 Å². The molecule has 1 fully saturated rings. The highest BCUT2D eigenvalue weighted by Gasteiger charge is 2.43. The van der Waals surface area contributed by atoms with Gasteiger partial charge in [-0.05, 0) is 25.7 Å². The molecule has 0 aromatic rings. The van der Waals surface area contributed by atoms with E-state index in [1.165, 1.54) is 4.90 Å². The van der Waals surface area contributed by atoms with Crippen molar-refractivity contribution >= 4 is 11.9 Å². The highest BCUT2D eigenvalue weighted by molar-refractivity contribution is 5.85. The predicted octanol–water partition coefficient (Wildman–Crippen LogP) is 2.45. The van der Waals surface area contributed by atoms with E-state index in [0.717, 1.165) is 0 Å². The molecule has 118 valence electrons. The van der Waals surface area contributed by atoms with Crippen LogP contribution in [-0.4, -0.2) is 41.1 Å². The highest BCUT2D eigenvalue weighted by atomic mass is 19.4. The summed E-state index contributed by atoms with van der Waals surface area (Å²) in [5, 5.41) is 9.15. The van der Waals surface area contributed by atoms with Crippen molar-refractivity contribution in [2.45, 2.75) is 31.9 Å². The number of aliphatic carboxylic acids is 1. The quantitative estimate of drug-likeness (QED) is 0.797. The molecular weight excluding hydrogens is 287 g/mol. The predicted molar refractivity (Wildman–Crippen MR) is 68.3 cm³/mol. The topological polar surface area (TPSA) is 57.6 Å². The van der Waals surface area contributed by atoms with Crippen LogP contribution in [0.5, 0.6) is 0 Å². The van der Waals surface area contributed by atoms with E-state index in [1.54, 1.807) is 12.2 Å². The lowest BCUT2D eigenvalue weighted by molar-refractivity contribution is -0.187. The van der Waals surface area contributed by atoms with Crippen LogP contribution in [0, 0.1) is 17.8 Å². The summed E-state index contributed by atoms with van der Waals surface area (Å²) < 4.78 is 37.8. The van der Waals surface area contributed by atoms with E-state index < -0.39 is 29.9 Å². The zero-order valence-electron chi connectivity index (χ0n) is 11.5. The molecule has 1 aliphatic carbocycles. The first-order valence-electron chi connectivity index (χ1n) is 7.04. The van der Waals surface area contributed by atoms with E-state index in [0.29, 0.717) is 12.8 Å². The minimum Gasteiger partial charge on any atom is -0.481 e. The SMILES string of the molecule is O=C(O)[C@H]1CC=CC[C@H]1C(=O)N1CCC(C(F)(F)F)CC1. The average molecular weight is 305 g/mol. The van der Waals surface area contributed by atoms with Gasteiger partial charge in [0, 0.05) is 13.1 Å². The maximum absolute atomic E-state index is 12.6. The number of allylic oxidation sites excluding steroid dienone is 2. The Labute approximate surface area is 120 Å². The Hall–Kier alpha value is -1.53. The molecule has 0 spiro atoms. The Morgan fingerprint density at radius 3 is 2.05 bits per heavy atom. The van der Waals surface area contributed by atoms with Gasteiger partial charge in [0.15, 0.2) is 0 Å². The van der Waals surface area contributed by atoms with Crippen molar-refractivity contribution < 1.29 is 27.9 Å². The fourth-order valence-electron chi connectivity index (χ4n) is 3.02. The lowest BCUT2D eigenvalue weighted by Gasteiger charge is -2.36. The summed E-state index contributed by atoms with van der Waals surface area (Å²) in [6.07, 6.45) is -0.278. The minimum atomic E-state index is -4.22.